The summed E-state index contributed by atoms with van der Waals surface area (Å²) >= 11 is 0. The molecule has 7 heavy (non-hydrogen) atoms. The summed E-state index contributed by atoms with van der Waals surface area (Å²) in [5.74, 6) is 0. The fraction of sp³-hybridized carbons (Fsp3) is 0. The zero-order chi connectivity index (χ0) is 3.58. The van der Waals surface area contributed by atoms with Gasteiger partial charge in [0.15, 0.2) is 0 Å². The van der Waals surface area contributed by atoms with Crippen LogP contribution in [0.3, 0.4) is 0 Å². The molecule has 0 unspecified atom stereocenters. The van der Waals surface area contributed by atoms with Crippen LogP contribution in [-0.2, 0) is 5.48 Å². The molecule has 0 aliphatic carbocycles. The smallest absolute Gasteiger partial charge is 1.00 e. The second-order valence-electron chi connectivity index (χ2n) is 0.283. The number of rotatable bonds is 0. The molecule has 0 atom stereocenters. The van der Waals surface area contributed by atoms with E-state index in [0.29, 0.717) is 0 Å². The van der Waals surface area contributed by atoms with Crippen LogP contribution in [0.15, 0.2) is 0 Å². The van der Waals surface area contributed by atoms with Crippen molar-refractivity contribution in [3.05, 3.63) is 0 Å². The van der Waals surface area contributed by atoms with Crippen LogP contribution in [-0.4, -0.2) is 16.4 Å². The van der Waals surface area contributed by atoms with Gasteiger partial charge in [0.1, 0.15) is 0 Å². The standard InChI is InChI=1S/CH2O3.2Li.O/c2-1(3)4;;;/h(H2,2,3,4);;;/q;2*+1;-2. The van der Waals surface area contributed by atoms with E-state index in [1.807, 2.05) is 0 Å². The van der Waals surface area contributed by atoms with E-state index in [-0.39, 0.29) is 43.2 Å². The van der Waals surface area contributed by atoms with Crippen LogP contribution in [0.4, 0.5) is 4.79 Å². The van der Waals surface area contributed by atoms with Gasteiger partial charge in [-0.15, -0.1) is 0 Å². The zero-order valence-electron chi connectivity index (χ0n) is 4.21. The van der Waals surface area contributed by atoms with Gasteiger partial charge in [-0.2, -0.15) is 0 Å². The van der Waals surface area contributed by atoms with Gasteiger partial charge in [-0.3, -0.25) is 0 Å². The molecular weight excluding hydrogens is 89.9 g/mol. The number of hydrogen-bond donors (Lipinski definition) is 2. The molecule has 0 aromatic heterocycles. The normalized spacial score (nSPS) is 3.43. The first kappa shape index (κ1) is 26.1. The van der Waals surface area contributed by atoms with Crippen molar-refractivity contribution in [1.29, 1.82) is 0 Å². The van der Waals surface area contributed by atoms with Crippen LogP contribution in [0.2, 0.25) is 0 Å². The molecule has 0 heterocycles. The molecule has 0 amide bonds. The van der Waals surface area contributed by atoms with E-state index in [9.17, 15) is 0 Å². The third kappa shape index (κ3) is 697. The Morgan fingerprint density at radius 3 is 1.14 bits per heavy atom. The third-order valence-electron chi connectivity index (χ3n) is 0. The van der Waals surface area contributed by atoms with Gasteiger partial charge >= 0.3 is 43.9 Å². The average molecular weight is 91.9 g/mol. The molecule has 0 aromatic carbocycles. The van der Waals surface area contributed by atoms with Gasteiger partial charge in [0.25, 0.3) is 0 Å². The van der Waals surface area contributed by atoms with Crippen LogP contribution in [0.25, 0.3) is 0 Å². The summed E-state index contributed by atoms with van der Waals surface area (Å²) in [6.45, 7) is 0. The molecule has 0 aromatic rings. The van der Waals surface area contributed by atoms with E-state index in [4.69, 9.17) is 15.0 Å². The molecule has 0 saturated carbocycles. The Hall–Kier alpha value is 0.425. The summed E-state index contributed by atoms with van der Waals surface area (Å²) < 4.78 is 0. The molecule has 0 rings (SSSR count). The fourth-order valence-electron chi connectivity index (χ4n) is 0. The van der Waals surface area contributed by atoms with Gasteiger partial charge in [-0.25, -0.2) is 4.79 Å². The molecule has 2 N–H and O–H groups in total. The quantitative estimate of drug-likeness (QED) is 0.292. The Morgan fingerprint density at radius 1 is 1.14 bits per heavy atom. The van der Waals surface area contributed by atoms with Crippen molar-refractivity contribution in [2.24, 2.45) is 0 Å². The van der Waals surface area contributed by atoms with Crippen molar-refractivity contribution in [3.63, 3.8) is 0 Å². The Balaban J connectivity index is -0.0000000150. The molecule has 0 aliphatic heterocycles. The molecule has 0 bridgehead atoms. The summed E-state index contributed by atoms with van der Waals surface area (Å²) in [5, 5.41) is 13.9. The van der Waals surface area contributed by atoms with Crippen molar-refractivity contribution < 1.29 is 58.2 Å². The second kappa shape index (κ2) is 16.1. The van der Waals surface area contributed by atoms with Gasteiger partial charge in [-0.1, -0.05) is 0 Å². The third-order valence-corrected chi connectivity index (χ3v) is 0. The van der Waals surface area contributed by atoms with Gasteiger partial charge in [-0.05, 0) is 0 Å². The minimum absolute atomic E-state index is 0. The van der Waals surface area contributed by atoms with Gasteiger partial charge in [0.05, 0.1) is 0 Å². The topological polar surface area (TPSA) is 86.0 Å². The van der Waals surface area contributed by atoms with Gasteiger partial charge in [0.2, 0.25) is 0 Å². The average Bonchev–Trinajstić information content (AvgIpc) is 0.811. The Morgan fingerprint density at radius 2 is 1.14 bits per heavy atom. The van der Waals surface area contributed by atoms with Gasteiger partial charge in [0, 0.05) is 0 Å². The summed E-state index contributed by atoms with van der Waals surface area (Å²) in [6.07, 6.45) is -1.83. The molecule has 32 valence electrons. The van der Waals surface area contributed by atoms with E-state index < -0.39 is 6.16 Å². The number of carbonyl (C=O) groups is 1. The summed E-state index contributed by atoms with van der Waals surface area (Å²) in [7, 11) is 0. The maximum atomic E-state index is 8.56. The van der Waals surface area contributed by atoms with Crippen molar-refractivity contribution in [2.75, 3.05) is 0 Å². The molecule has 0 spiro atoms. The predicted octanol–water partition coefficient (Wildman–Crippen LogP) is -5.89. The Kier molecular flexibility index (Phi) is 60.2. The summed E-state index contributed by atoms with van der Waals surface area (Å²) in [5.41, 5.74) is 0. The first-order valence-corrected chi connectivity index (χ1v) is 0.651. The van der Waals surface area contributed by atoms with Crippen LogP contribution >= 0.6 is 0 Å². The first-order chi connectivity index (χ1) is 1.73. The van der Waals surface area contributed by atoms with E-state index >= 15 is 0 Å². The van der Waals surface area contributed by atoms with Crippen molar-refractivity contribution in [2.45, 2.75) is 0 Å². The number of hydrogen-bond acceptors (Lipinski definition) is 1. The minimum atomic E-state index is -1.83. The Labute approximate surface area is 64.6 Å². The molecular formula is CH2Li2O4. The molecule has 6 heteroatoms. The van der Waals surface area contributed by atoms with Crippen molar-refractivity contribution in [1.82, 2.24) is 0 Å². The first-order valence-electron chi connectivity index (χ1n) is 0.651. The van der Waals surface area contributed by atoms with Crippen LogP contribution in [0.5, 0.6) is 0 Å². The van der Waals surface area contributed by atoms with Crippen LogP contribution < -0.4 is 37.7 Å². The van der Waals surface area contributed by atoms with Crippen molar-refractivity contribution >= 4 is 6.16 Å². The molecule has 4 nitrogen and oxygen atoms in total. The largest absolute Gasteiger partial charge is 2.00 e. The van der Waals surface area contributed by atoms with Crippen molar-refractivity contribution in [3.8, 4) is 0 Å². The Bertz CT molecular complexity index is 32.7. The van der Waals surface area contributed by atoms with Gasteiger partial charge < -0.3 is 15.7 Å². The van der Waals surface area contributed by atoms with E-state index in [1.54, 1.807) is 0 Å². The SMILES string of the molecule is O=C(O)O.[Li+].[Li+].[O-2]. The molecule has 0 aliphatic rings. The fourth-order valence-corrected chi connectivity index (χ4v) is 0. The van der Waals surface area contributed by atoms with Crippen LogP contribution in [0, 0.1) is 0 Å². The van der Waals surface area contributed by atoms with E-state index in [1.165, 1.54) is 0 Å². The van der Waals surface area contributed by atoms with Crippen LogP contribution in [0.1, 0.15) is 0 Å². The van der Waals surface area contributed by atoms with E-state index in [0.717, 1.165) is 0 Å². The molecule has 0 fully saturated rings. The maximum Gasteiger partial charge on any atom is 1.00 e. The maximum absolute atomic E-state index is 8.56. The monoisotopic (exact) mass is 92.0 g/mol. The van der Waals surface area contributed by atoms with E-state index in [2.05, 4.69) is 0 Å². The number of carboxylic acid groups (broad SMARTS) is 2. The zero-order valence-corrected chi connectivity index (χ0v) is 4.21. The minimum Gasteiger partial charge on any atom is -2.00 e. The second-order valence-corrected chi connectivity index (χ2v) is 0.283. The summed E-state index contributed by atoms with van der Waals surface area (Å²) in [4.78, 5) is 8.56. The molecule has 0 radical (unpaired) electrons. The molecule has 0 saturated heterocycles. The summed E-state index contributed by atoms with van der Waals surface area (Å²) in [6, 6.07) is 0. The predicted molar refractivity (Wildman–Crippen MR) is 11.3 cm³/mol.